The van der Waals surface area contributed by atoms with E-state index in [-0.39, 0.29) is 17.4 Å². The highest BCUT2D eigenvalue weighted by molar-refractivity contribution is 5.95. The molecule has 0 aromatic heterocycles. The summed E-state index contributed by atoms with van der Waals surface area (Å²) in [6.07, 6.45) is 0.456. The van der Waals surface area contributed by atoms with Crippen molar-refractivity contribution < 1.29 is 23.5 Å². The second-order valence-corrected chi connectivity index (χ2v) is 6.27. The number of aliphatic carboxylic acids is 1. The molecule has 3 unspecified atom stereocenters. The van der Waals surface area contributed by atoms with Gasteiger partial charge in [0, 0.05) is 11.6 Å². The van der Waals surface area contributed by atoms with Crippen LogP contribution < -0.4 is 5.32 Å². The van der Waals surface area contributed by atoms with Gasteiger partial charge in [0.05, 0.1) is 5.92 Å². The molecular weight excluding hydrogens is 328 g/mol. The Bertz CT molecular complexity index is 837. The van der Waals surface area contributed by atoms with E-state index in [0.29, 0.717) is 17.7 Å². The van der Waals surface area contributed by atoms with Gasteiger partial charge in [0.1, 0.15) is 0 Å². The van der Waals surface area contributed by atoms with Crippen molar-refractivity contribution in [1.29, 1.82) is 0 Å². The minimum atomic E-state index is -0.952. The van der Waals surface area contributed by atoms with Gasteiger partial charge in [0.15, 0.2) is 11.6 Å². The van der Waals surface area contributed by atoms with E-state index in [2.05, 4.69) is 5.32 Å². The molecule has 1 amide bonds. The van der Waals surface area contributed by atoms with Gasteiger partial charge in [-0.15, -0.1) is 0 Å². The first kappa shape index (κ1) is 17.1. The Labute approximate surface area is 143 Å². The normalized spacial score (nSPS) is 20.0. The summed E-state index contributed by atoms with van der Waals surface area (Å²) in [4.78, 5) is 23.4. The van der Waals surface area contributed by atoms with E-state index in [4.69, 9.17) is 5.11 Å². The molecule has 2 aromatic rings. The van der Waals surface area contributed by atoms with E-state index in [9.17, 15) is 18.4 Å². The Morgan fingerprint density at radius 3 is 2.64 bits per heavy atom. The standard InChI is InChI=1S/C19H17F2NO3/c1-10(19(24)25)11-4-2-5-12(8-11)22-18(23)15-9-14(15)13-6-3-7-16(20)17(13)21/h2-8,10,14-15H,9H2,1H3,(H,22,23)(H,24,25). The number of anilines is 1. The van der Waals surface area contributed by atoms with Crippen LogP contribution in [0.1, 0.15) is 36.3 Å². The number of carboxylic acid groups (broad SMARTS) is 1. The van der Waals surface area contributed by atoms with E-state index in [1.54, 1.807) is 31.2 Å². The highest BCUT2D eigenvalue weighted by Crippen LogP contribution is 2.49. The average Bonchev–Trinajstić information content (AvgIpc) is 3.37. The van der Waals surface area contributed by atoms with Gasteiger partial charge in [-0.25, -0.2) is 8.78 Å². The number of carboxylic acids is 1. The summed E-state index contributed by atoms with van der Waals surface area (Å²) >= 11 is 0. The Morgan fingerprint density at radius 1 is 1.20 bits per heavy atom. The highest BCUT2D eigenvalue weighted by Gasteiger charge is 2.45. The molecule has 1 saturated carbocycles. The van der Waals surface area contributed by atoms with Crippen LogP contribution in [0.15, 0.2) is 42.5 Å². The van der Waals surface area contributed by atoms with Gasteiger partial charge in [-0.05, 0) is 48.6 Å². The van der Waals surface area contributed by atoms with Gasteiger partial charge in [0.2, 0.25) is 5.91 Å². The Hall–Kier alpha value is -2.76. The van der Waals surface area contributed by atoms with Gasteiger partial charge in [-0.3, -0.25) is 9.59 Å². The van der Waals surface area contributed by atoms with Crippen molar-refractivity contribution in [3.05, 3.63) is 65.2 Å². The van der Waals surface area contributed by atoms with Crippen LogP contribution in [0.4, 0.5) is 14.5 Å². The van der Waals surface area contributed by atoms with Gasteiger partial charge in [-0.2, -0.15) is 0 Å². The lowest BCUT2D eigenvalue weighted by atomic mass is 10.0. The zero-order chi connectivity index (χ0) is 18.1. The maximum Gasteiger partial charge on any atom is 0.310 e. The van der Waals surface area contributed by atoms with Crippen LogP contribution in [-0.2, 0) is 9.59 Å². The van der Waals surface area contributed by atoms with Crippen LogP contribution in [0, 0.1) is 17.6 Å². The first-order chi connectivity index (χ1) is 11.9. The Kier molecular flexibility index (Phi) is 4.53. The van der Waals surface area contributed by atoms with Crippen molar-refractivity contribution in [3.63, 3.8) is 0 Å². The van der Waals surface area contributed by atoms with E-state index < -0.39 is 29.4 Å². The molecule has 4 nitrogen and oxygen atoms in total. The lowest BCUT2D eigenvalue weighted by Gasteiger charge is -2.10. The van der Waals surface area contributed by atoms with Gasteiger partial charge >= 0.3 is 5.97 Å². The molecule has 1 aliphatic rings. The molecule has 3 atom stereocenters. The lowest BCUT2D eigenvalue weighted by molar-refractivity contribution is -0.138. The molecule has 1 fully saturated rings. The number of benzene rings is 2. The third-order valence-corrected chi connectivity index (χ3v) is 4.53. The number of amides is 1. The van der Waals surface area contributed by atoms with Crippen LogP contribution in [-0.4, -0.2) is 17.0 Å². The number of rotatable bonds is 5. The summed E-state index contributed by atoms with van der Waals surface area (Å²) in [6.45, 7) is 1.56. The third kappa shape index (κ3) is 3.52. The van der Waals surface area contributed by atoms with E-state index in [1.807, 2.05) is 0 Å². The average molecular weight is 345 g/mol. The topological polar surface area (TPSA) is 66.4 Å². The molecule has 2 aromatic carbocycles. The molecule has 3 rings (SSSR count). The summed E-state index contributed by atoms with van der Waals surface area (Å²) in [7, 11) is 0. The Balaban J connectivity index is 1.69. The first-order valence-corrected chi connectivity index (χ1v) is 7.96. The fourth-order valence-electron chi connectivity index (χ4n) is 2.90. The summed E-state index contributed by atoms with van der Waals surface area (Å²) < 4.78 is 27.1. The van der Waals surface area contributed by atoms with Crippen molar-refractivity contribution in [2.45, 2.75) is 25.2 Å². The molecule has 6 heteroatoms. The molecule has 0 aliphatic heterocycles. The predicted octanol–water partition coefficient (Wildman–Crippen LogP) is 3.90. The highest BCUT2D eigenvalue weighted by atomic mass is 19.2. The van der Waals surface area contributed by atoms with Crippen molar-refractivity contribution in [1.82, 2.24) is 0 Å². The molecule has 2 N–H and O–H groups in total. The van der Waals surface area contributed by atoms with Gasteiger partial charge < -0.3 is 10.4 Å². The van der Waals surface area contributed by atoms with Gasteiger partial charge in [-0.1, -0.05) is 24.3 Å². The Morgan fingerprint density at radius 2 is 1.92 bits per heavy atom. The summed E-state index contributed by atoms with van der Waals surface area (Å²) in [5.74, 6) is -4.50. The van der Waals surface area contributed by atoms with Crippen LogP contribution in [0.5, 0.6) is 0 Å². The molecule has 0 saturated heterocycles. The minimum absolute atomic E-state index is 0.216. The van der Waals surface area contributed by atoms with E-state index >= 15 is 0 Å². The fraction of sp³-hybridized carbons (Fsp3) is 0.263. The zero-order valence-electron chi connectivity index (χ0n) is 13.5. The molecule has 0 heterocycles. The van der Waals surface area contributed by atoms with Crippen molar-refractivity contribution >= 4 is 17.6 Å². The van der Waals surface area contributed by atoms with Crippen molar-refractivity contribution in [2.24, 2.45) is 5.92 Å². The molecule has 130 valence electrons. The molecule has 0 bridgehead atoms. The van der Waals surface area contributed by atoms with Crippen LogP contribution >= 0.6 is 0 Å². The quantitative estimate of drug-likeness (QED) is 0.864. The molecular formula is C19H17F2NO3. The monoisotopic (exact) mass is 345 g/mol. The minimum Gasteiger partial charge on any atom is -0.481 e. The first-order valence-electron chi connectivity index (χ1n) is 7.96. The molecule has 0 spiro atoms. The van der Waals surface area contributed by atoms with Crippen LogP contribution in [0.25, 0.3) is 0 Å². The summed E-state index contributed by atoms with van der Waals surface area (Å²) in [6, 6.07) is 10.6. The SMILES string of the molecule is CC(C(=O)O)c1cccc(NC(=O)C2CC2c2cccc(F)c2F)c1. The van der Waals surface area contributed by atoms with Gasteiger partial charge in [0.25, 0.3) is 0 Å². The van der Waals surface area contributed by atoms with E-state index in [1.165, 1.54) is 12.1 Å². The lowest BCUT2D eigenvalue weighted by Crippen LogP contribution is -2.15. The number of nitrogens with one attached hydrogen (secondary N) is 1. The molecule has 25 heavy (non-hydrogen) atoms. The van der Waals surface area contributed by atoms with E-state index in [0.717, 1.165) is 6.07 Å². The van der Waals surface area contributed by atoms with Crippen LogP contribution in [0.2, 0.25) is 0 Å². The smallest absolute Gasteiger partial charge is 0.310 e. The predicted molar refractivity (Wildman–Crippen MR) is 88.3 cm³/mol. The fourth-order valence-corrected chi connectivity index (χ4v) is 2.90. The largest absolute Gasteiger partial charge is 0.481 e. The summed E-state index contributed by atoms with van der Waals surface area (Å²) in [5.41, 5.74) is 1.28. The molecule has 1 aliphatic carbocycles. The van der Waals surface area contributed by atoms with Crippen molar-refractivity contribution in [3.8, 4) is 0 Å². The van der Waals surface area contributed by atoms with Crippen LogP contribution in [0.3, 0.4) is 0 Å². The number of halogens is 2. The summed E-state index contributed by atoms with van der Waals surface area (Å²) in [5, 5.41) is 11.8. The third-order valence-electron chi connectivity index (χ3n) is 4.53. The molecule has 0 radical (unpaired) electrons. The van der Waals surface area contributed by atoms with Crippen molar-refractivity contribution in [2.75, 3.05) is 5.32 Å². The number of hydrogen-bond donors (Lipinski definition) is 2. The maximum absolute atomic E-state index is 13.8. The second kappa shape index (κ2) is 6.63. The maximum atomic E-state index is 13.8. The second-order valence-electron chi connectivity index (χ2n) is 6.27. The number of carbonyl (C=O) groups excluding carboxylic acids is 1. The number of carbonyl (C=O) groups is 2. The zero-order valence-corrected chi connectivity index (χ0v) is 13.5. The number of hydrogen-bond acceptors (Lipinski definition) is 2.